The number of quaternary nitrogens is 1. The first-order valence-corrected chi connectivity index (χ1v) is 28.7. The molecule has 78 heavy (non-hydrogen) atoms. The highest BCUT2D eigenvalue weighted by molar-refractivity contribution is 7.84. The van der Waals surface area contributed by atoms with Gasteiger partial charge in [-0.25, -0.2) is 8.42 Å². The maximum atomic E-state index is 14.7. The van der Waals surface area contributed by atoms with Crippen LogP contribution >= 0.6 is 0 Å². The number of epoxide rings is 1. The van der Waals surface area contributed by atoms with Crippen molar-refractivity contribution in [3.8, 4) is 11.5 Å². The SMILES string of the molecule is CC(C)C[C@H](NC(=O)[C@H](CCc1ccccc1)CC(=O)C[N+]1(Cc2ccc(OC(=O)C(C)C)c(OCc3cn(C)nn3)c2)CCOCC1)C(=O)C[C@@H](Cc1ccccc1)C(=O)N[C@@H](CC(C)C)C(=O)[C@@]1(C)CO1.CS(=O)(=O)[O-]. The van der Waals surface area contributed by atoms with Gasteiger partial charge in [-0.2, -0.15) is 0 Å². The van der Waals surface area contributed by atoms with Gasteiger partial charge in [0.15, 0.2) is 28.8 Å². The molecule has 5 atom stereocenters. The Kier molecular flexibility index (Phi) is 23.4. The van der Waals surface area contributed by atoms with Gasteiger partial charge < -0.3 is 38.6 Å². The molecular weight excluding hydrogens is 1020 g/mol. The molecule has 6 rings (SSSR count). The lowest BCUT2D eigenvalue weighted by Crippen LogP contribution is -2.57. The number of aryl methyl sites for hydroxylation is 2. The Morgan fingerprint density at radius 1 is 0.795 bits per heavy atom. The van der Waals surface area contributed by atoms with Crippen LogP contribution in [0.2, 0.25) is 0 Å². The van der Waals surface area contributed by atoms with E-state index in [9.17, 15) is 28.8 Å². The van der Waals surface area contributed by atoms with Crippen LogP contribution in [0.5, 0.6) is 11.5 Å². The minimum atomic E-state index is -3.92. The summed E-state index contributed by atoms with van der Waals surface area (Å²) in [7, 11) is -2.16. The zero-order chi connectivity index (χ0) is 57.2. The van der Waals surface area contributed by atoms with Gasteiger partial charge in [-0.15, -0.1) is 5.10 Å². The fourth-order valence-corrected chi connectivity index (χ4v) is 9.39. The van der Waals surface area contributed by atoms with E-state index in [4.69, 9.17) is 31.9 Å². The molecule has 0 saturated carbocycles. The third-order valence-electron chi connectivity index (χ3n) is 13.6. The van der Waals surface area contributed by atoms with Gasteiger partial charge in [0.25, 0.3) is 0 Å². The van der Waals surface area contributed by atoms with Crippen LogP contribution in [-0.4, -0.2) is 131 Å². The molecule has 0 radical (unpaired) electrons. The number of Topliss-reactive ketones (excluding diaryl/α,β-unsaturated/α-hetero) is 3. The molecule has 2 N–H and O–H groups in total. The molecule has 19 nitrogen and oxygen atoms in total. The van der Waals surface area contributed by atoms with Gasteiger partial charge in [-0.3, -0.25) is 33.4 Å². The second-order valence-corrected chi connectivity index (χ2v) is 23.6. The van der Waals surface area contributed by atoms with Gasteiger partial charge in [-0.05, 0) is 80.2 Å². The van der Waals surface area contributed by atoms with Crippen molar-refractivity contribution < 1.29 is 65.2 Å². The number of hydrogen-bond acceptors (Lipinski definition) is 15. The third kappa shape index (κ3) is 21.2. The summed E-state index contributed by atoms with van der Waals surface area (Å²) in [6.45, 7) is 16.1. The van der Waals surface area contributed by atoms with E-state index in [2.05, 4.69) is 20.9 Å². The molecule has 0 unspecified atom stereocenters. The molecule has 2 aliphatic rings. The van der Waals surface area contributed by atoms with Gasteiger partial charge in [0.2, 0.25) is 11.8 Å². The lowest BCUT2D eigenvalue weighted by atomic mass is 9.87. The molecule has 4 aromatic rings. The number of hydrogen-bond donors (Lipinski definition) is 2. The number of carbonyl (C=O) groups is 6. The number of ether oxygens (including phenoxy) is 4. The summed E-state index contributed by atoms with van der Waals surface area (Å²) in [5.41, 5.74) is 2.39. The number of rotatable bonds is 29. The number of carbonyl (C=O) groups excluding carboxylic acids is 6. The number of morpholine rings is 1. The minimum absolute atomic E-state index is 0.00677. The van der Waals surface area contributed by atoms with Crippen molar-refractivity contribution in [2.45, 2.75) is 124 Å². The highest BCUT2D eigenvalue weighted by Crippen LogP contribution is 2.33. The van der Waals surface area contributed by atoms with Crippen molar-refractivity contribution in [3.63, 3.8) is 0 Å². The highest BCUT2D eigenvalue weighted by atomic mass is 32.2. The second-order valence-electron chi connectivity index (χ2n) is 22.2. The molecule has 0 aliphatic carbocycles. The van der Waals surface area contributed by atoms with Crippen molar-refractivity contribution >= 4 is 45.3 Å². The predicted molar refractivity (Wildman–Crippen MR) is 291 cm³/mol. The number of benzene rings is 3. The molecule has 2 fully saturated rings. The van der Waals surface area contributed by atoms with Crippen molar-refractivity contribution in [2.24, 2.45) is 36.6 Å². The maximum Gasteiger partial charge on any atom is 0.313 e. The zero-order valence-electron chi connectivity index (χ0n) is 46.7. The van der Waals surface area contributed by atoms with E-state index in [1.807, 2.05) is 100 Å². The van der Waals surface area contributed by atoms with E-state index in [0.29, 0.717) is 87.3 Å². The molecule has 2 aliphatic heterocycles. The first-order chi connectivity index (χ1) is 36.8. The van der Waals surface area contributed by atoms with Gasteiger partial charge in [0.05, 0.1) is 54.1 Å². The first-order valence-electron chi connectivity index (χ1n) is 26.9. The van der Waals surface area contributed by atoms with Crippen molar-refractivity contribution in [1.29, 1.82) is 0 Å². The van der Waals surface area contributed by atoms with E-state index in [1.54, 1.807) is 44.8 Å². The third-order valence-corrected chi connectivity index (χ3v) is 13.6. The number of aromatic nitrogens is 3. The molecular formula is C58H80N6O13S. The van der Waals surface area contributed by atoms with Gasteiger partial charge in [-0.1, -0.05) is 107 Å². The monoisotopic (exact) mass is 1100 g/mol. The van der Waals surface area contributed by atoms with Crippen molar-refractivity contribution in [1.82, 2.24) is 25.6 Å². The number of nitrogens with zero attached hydrogens (tertiary/aromatic N) is 4. The summed E-state index contributed by atoms with van der Waals surface area (Å²) < 4.78 is 52.4. The molecule has 2 amide bonds. The van der Waals surface area contributed by atoms with E-state index >= 15 is 0 Å². The lowest BCUT2D eigenvalue weighted by Gasteiger charge is -2.41. The van der Waals surface area contributed by atoms with Gasteiger partial charge in [0, 0.05) is 43.5 Å². The van der Waals surface area contributed by atoms with Gasteiger partial charge >= 0.3 is 5.97 Å². The predicted octanol–water partition coefficient (Wildman–Crippen LogP) is 5.91. The number of ketones is 3. The molecule has 3 heterocycles. The lowest BCUT2D eigenvalue weighted by molar-refractivity contribution is -0.940. The molecule has 0 spiro atoms. The fourth-order valence-electron chi connectivity index (χ4n) is 9.39. The Bertz CT molecular complexity index is 2730. The van der Waals surface area contributed by atoms with Crippen LogP contribution in [0, 0.1) is 29.6 Å². The average molecular weight is 1100 g/mol. The highest BCUT2D eigenvalue weighted by Gasteiger charge is 2.50. The van der Waals surface area contributed by atoms with Crippen LogP contribution in [0.4, 0.5) is 0 Å². The van der Waals surface area contributed by atoms with Crippen LogP contribution < -0.4 is 20.1 Å². The summed E-state index contributed by atoms with van der Waals surface area (Å²) in [6, 6.07) is 23.0. The van der Waals surface area contributed by atoms with Crippen LogP contribution in [0.3, 0.4) is 0 Å². The molecule has 3 aromatic carbocycles. The standard InChI is InChI=1S/C57H76N6O10.CH4O3S/c1-38(2)27-48(50(65)32-45(29-42-17-13-10-14-18-42)55(68)59-49(28-39(3)4)53(66)57(7)37-72-57)58-54(67)44(21-19-41-15-11-9-12-16-41)31-47(64)35-63(23-25-70-26-24-63)34-43-20-22-51(73-56(69)40(5)6)52(30-43)71-36-46-33-62(8)61-60-46;1-5(2,3)4/h9-18,20,22,30,33,38-40,44-45,48-49H,19,21,23-29,31-32,34-37H2,1-8H3,(H-,58,59,67,68);1H3,(H,2,3,4)/t44-,45-,48+,49+,57-;/m1./s1. The van der Waals surface area contributed by atoms with Crippen LogP contribution in [0.25, 0.3) is 0 Å². The molecule has 20 heteroatoms. The Hall–Kier alpha value is -6.19. The van der Waals surface area contributed by atoms with Gasteiger partial charge in [0.1, 0.15) is 44.1 Å². The zero-order valence-corrected chi connectivity index (χ0v) is 47.6. The van der Waals surface area contributed by atoms with Crippen LogP contribution in [-0.2, 0) is 81.4 Å². The molecule has 2 saturated heterocycles. The van der Waals surface area contributed by atoms with E-state index in [-0.39, 0.29) is 73.3 Å². The van der Waals surface area contributed by atoms with Crippen molar-refractivity contribution in [2.75, 3.05) is 45.7 Å². The Balaban J connectivity index is 0.00000214. The summed E-state index contributed by atoms with van der Waals surface area (Å²) in [5, 5.41) is 14.2. The minimum Gasteiger partial charge on any atom is -0.748 e. The maximum absolute atomic E-state index is 14.7. The fraction of sp³-hybridized carbons (Fsp3) is 0.552. The summed E-state index contributed by atoms with van der Waals surface area (Å²) in [4.78, 5) is 84.5. The van der Waals surface area contributed by atoms with Crippen LogP contribution in [0.15, 0.2) is 85.1 Å². The topological polar surface area (TPSA) is 255 Å². The molecule has 0 bridgehead atoms. The van der Waals surface area contributed by atoms with Crippen LogP contribution in [0.1, 0.15) is 103 Å². The summed E-state index contributed by atoms with van der Waals surface area (Å²) >= 11 is 0. The van der Waals surface area contributed by atoms with Crippen molar-refractivity contribution in [3.05, 3.63) is 107 Å². The Morgan fingerprint density at radius 2 is 1.37 bits per heavy atom. The largest absolute Gasteiger partial charge is 0.748 e. The summed E-state index contributed by atoms with van der Waals surface area (Å²) in [6.07, 6.45) is 4.03. The second kappa shape index (κ2) is 29.1. The summed E-state index contributed by atoms with van der Waals surface area (Å²) in [5.74, 6) is -2.99. The molecule has 1 aromatic heterocycles. The quantitative estimate of drug-likeness (QED) is 0.0211. The Morgan fingerprint density at radius 3 is 1.94 bits per heavy atom. The molecule has 426 valence electrons. The first kappa shape index (κ1) is 62.7. The van der Waals surface area contributed by atoms with E-state index in [1.165, 1.54) is 0 Å². The number of amides is 2. The average Bonchev–Trinajstić information content (AvgIpc) is 4.00. The number of esters is 1. The Labute approximate surface area is 459 Å². The smallest absolute Gasteiger partial charge is 0.313 e. The normalized spacial score (nSPS) is 17.4. The number of nitrogens with one attached hydrogen (secondary N) is 2. The van der Waals surface area contributed by atoms with E-state index < -0.39 is 57.4 Å². The van der Waals surface area contributed by atoms with E-state index in [0.717, 1.165) is 16.7 Å².